The summed E-state index contributed by atoms with van der Waals surface area (Å²) < 4.78 is 1.29. The number of fused-ring (bicyclic) bond motifs is 1. The molecule has 0 radical (unpaired) electrons. The molecule has 1 aromatic rings. The topological polar surface area (TPSA) is 0 Å². The standard InChI is InChI=1S/C12H15BrSi/c1-14(2,3)10-7-9-5-4-6-11(9)12(13)8-10/h4-5,7-8H,6H2,1-3H3. The van der Waals surface area contributed by atoms with Crippen molar-refractivity contribution in [1.29, 1.82) is 0 Å². The van der Waals surface area contributed by atoms with E-state index in [1.807, 2.05) is 0 Å². The van der Waals surface area contributed by atoms with E-state index in [-0.39, 0.29) is 0 Å². The van der Waals surface area contributed by atoms with Crippen LogP contribution < -0.4 is 5.19 Å². The molecule has 0 heterocycles. The molecule has 1 aliphatic carbocycles. The normalized spacial score (nSPS) is 14.6. The fourth-order valence-corrected chi connectivity index (χ4v) is 3.77. The zero-order valence-electron chi connectivity index (χ0n) is 8.89. The fraction of sp³-hybridized carbons (Fsp3) is 0.333. The minimum atomic E-state index is -1.17. The van der Waals surface area contributed by atoms with E-state index in [0.717, 1.165) is 6.42 Å². The van der Waals surface area contributed by atoms with Crippen LogP contribution in [0.1, 0.15) is 11.1 Å². The van der Waals surface area contributed by atoms with Gasteiger partial charge in [-0.15, -0.1) is 0 Å². The molecular formula is C12H15BrSi. The second-order valence-electron chi connectivity index (χ2n) is 4.88. The van der Waals surface area contributed by atoms with Gasteiger partial charge in [0.15, 0.2) is 0 Å². The molecule has 74 valence electrons. The maximum atomic E-state index is 3.67. The molecule has 0 saturated heterocycles. The second-order valence-corrected chi connectivity index (χ2v) is 10.8. The summed E-state index contributed by atoms with van der Waals surface area (Å²) in [7, 11) is -1.17. The van der Waals surface area contributed by atoms with E-state index in [1.54, 1.807) is 0 Å². The molecule has 0 aromatic heterocycles. The van der Waals surface area contributed by atoms with Crippen molar-refractivity contribution in [3.05, 3.63) is 33.8 Å². The summed E-state index contributed by atoms with van der Waals surface area (Å²) >= 11 is 3.67. The summed E-state index contributed by atoms with van der Waals surface area (Å²) in [5.74, 6) is 0. The van der Waals surface area contributed by atoms with E-state index in [9.17, 15) is 0 Å². The first kappa shape index (κ1) is 10.2. The predicted octanol–water partition coefficient (Wildman–Crippen LogP) is 3.56. The van der Waals surface area contributed by atoms with Crippen LogP contribution in [-0.4, -0.2) is 8.07 Å². The summed E-state index contributed by atoms with van der Waals surface area (Å²) in [6.07, 6.45) is 5.56. The summed E-state index contributed by atoms with van der Waals surface area (Å²) in [4.78, 5) is 0. The lowest BCUT2D eigenvalue weighted by atomic mass is 10.1. The van der Waals surface area contributed by atoms with Gasteiger partial charge in [-0.05, 0) is 23.6 Å². The van der Waals surface area contributed by atoms with Gasteiger partial charge in [0.05, 0.1) is 8.07 Å². The van der Waals surface area contributed by atoms with Crippen LogP contribution in [0.2, 0.25) is 19.6 Å². The Kier molecular flexibility index (Phi) is 2.44. The van der Waals surface area contributed by atoms with Crippen molar-refractivity contribution in [2.75, 3.05) is 0 Å². The van der Waals surface area contributed by atoms with Gasteiger partial charge in [0.2, 0.25) is 0 Å². The minimum Gasteiger partial charge on any atom is -0.0795 e. The van der Waals surface area contributed by atoms with Crippen LogP contribution in [-0.2, 0) is 6.42 Å². The molecule has 1 aromatic carbocycles. The average molecular weight is 267 g/mol. The van der Waals surface area contributed by atoms with Crippen molar-refractivity contribution in [2.24, 2.45) is 0 Å². The molecule has 0 spiro atoms. The molecule has 1 aliphatic rings. The summed E-state index contributed by atoms with van der Waals surface area (Å²) in [6, 6.07) is 4.69. The molecular weight excluding hydrogens is 252 g/mol. The number of hydrogen-bond acceptors (Lipinski definition) is 0. The molecule has 0 N–H and O–H groups in total. The molecule has 0 unspecified atom stereocenters. The van der Waals surface area contributed by atoms with Crippen molar-refractivity contribution in [3.63, 3.8) is 0 Å². The highest BCUT2D eigenvalue weighted by Crippen LogP contribution is 2.27. The van der Waals surface area contributed by atoms with E-state index in [4.69, 9.17) is 0 Å². The summed E-state index contributed by atoms with van der Waals surface area (Å²) in [5.41, 5.74) is 2.86. The van der Waals surface area contributed by atoms with Gasteiger partial charge in [0.25, 0.3) is 0 Å². The monoisotopic (exact) mass is 266 g/mol. The van der Waals surface area contributed by atoms with Crippen LogP contribution in [0.4, 0.5) is 0 Å². The third-order valence-corrected chi connectivity index (χ3v) is 5.44. The Hall–Kier alpha value is -0.343. The Morgan fingerprint density at radius 2 is 1.93 bits per heavy atom. The Balaban J connectivity index is 2.57. The molecule has 0 amide bonds. The Morgan fingerprint density at radius 1 is 1.21 bits per heavy atom. The third kappa shape index (κ3) is 1.73. The molecule has 0 fully saturated rings. The lowest BCUT2D eigenvalue weighted by molar-refractivity contribution is 1.29. The zero-order valence-corrected chi connectivity index (χ0v) is 11.5. The van der Waals surface area contributed by atoms with E-state index in [2.05, 4.69) is 59.9 Å². The van der Waals surface area contributed by atoms with Gasteiger partial charge in [-0.2, -0.15) is 0 Å². The molecule has 0 nitrogen and oxygen atoms in total. The van der Waals surface area contributed by atoms with Crippen LogP contribution in [0, 0.1) is 0 Å². The van der Waals surface area contributed by atoms with Gasteiger partial charge >= 0.3 is 0 Å². The molecule has 0 saturated carbocycles. The number of benzene rings is 1. The first-order chi connectivity index (χ1) is 6.48. The quantitative estimate of drug-likeness (QED) is 0.682. The van der Waals surface area contributed by atoms with Crippen LogP contribution in [0.3, 0.4) is 0 Å². The maximum absolute atomic E-state index is 3.67. The number of halogens is 1. The third-order valence-electron chi connectivity index (χ3n) is 2.72. The molecule has 2 rings (SSSR count). The van der Waals surface area contributed by atoms with Crippen LogP contribution >= 0.6 is 15.9 Å². The lowest BCUT2D eigenvalue weighted by Crippen LogP contribution is -2.37. The van der Waals surface area contributed by atoms with Crippen molar-refractivity contribution in [2.45, 2.75) is 26.1 Å². The number of rotatable bonds is 1. The number of allylic oxidation sites excluding steroid dienone is 1. The first-order valence-corrected chi connectivity index (χ1v) is 9.27. The Labute approximate surface area is 95.2 Å². The molecule has 0 bridgehead atoms. The van der Waals surface area contributed by atoms with Crippen LogP contribution in [0.5, 0.6) is 0 Å². The minimum absolute atomic E-state index is 1.09. The fourth-order valence-electron chi connectivity index (χ4n) is 1.76. The van der Waals surface area contributed by atoms with Gasteiger partial charge < -0.3 is 0 Å². The van der Waals surface area contributed by atoms with Crippen LogP contribution in [0.25, 0.3) is 6.08 Å². The van der Waals surface area contributed by atoms with Gasteiger partial charge in [0.1, 0.15) is 0 Å². The SMILES string of the molecule is C[Si](C)(C)c1cc(Br)c2c(c1)C=CC2. The zero-order chi connectivity index (χ0) is 10.3. The maximum Gasteiger partial charge on any atom is 0.0776 e. The summed E-state index contributed by atoms with van der Waals surface area (Å²) in [5, 5.41) is 1.54. The summed E-state index contributed by atoms with van der Waals surface area (Å²) in [6.45, 7) is 7.17. The Bertz CT molecular complexity index is 400. The van der Waals surface area contributed by atoms with Crippen molar-refractivity contribution in [1.82, 2.24) is 0 Å². The molecule has 0 atom stereocenters. The van der Waals surface area contributed by atoms with Gasteiger partial charge in [0, 0.05) is 4.47 Å². The highest BCUT2D eigenvalue weighted by molar-refractivity contribution is 9.10. The van der Waals surface area contributed by atoms with E-state index >= 15 is 0 Å². The van der Waals surface area contributed by atoms with Gasteiger partial charge in [-0.1, -0.05) is 59.0 Å². The Morgan fingerprint density at radius 3 is 2.57 bits per heavy atom. The van der Waals surface area contributed by atoms with Crippen molar-refractivity contribution in [3.8, 4) is 0 Å². The van der Waals surface area contributed by atoms with E-state index in [1.165, 1.54) is 20.8 Å². The number of hydrogen-bond donors (Lipinski definition) is 0. The smallest absolute Gasteiger partial charge is 0.0776 e. The second kappa shape index (κ2) is 3.35. The van der Waals surface area contributed by atoms with Gasteiger partial charge in [-0.25, -0.2) is 0 Å². The van der Waals surface area contributed by atoms with Gasteiger partial charge in [-0.3, -0.25) is 0 Å². The molecule has 14 heavy (non-hydrogen) atoms. The van der Waals surface area contributed by atoms with E-state index in [0.29, 0.717) is 0 Å². The van der Waals surface area contributed by atoms with Crippen molar-refractivity contribution >= 4 is 35.3 Å². The van der Waals surface area contributed by atoms with Crippen molar-refractivity contribution < 1.29 is 0 Å². The molecule has 2 heteroatoms. The largest absolute Gasteiger partial charge is 0.0795 e. The lowest BCUT2D eigenvalue weighted by Gasteiger charge is -2.18. The highest BCUT2D eigenvalue weighted by Gasteiger charge is 2.19. The average Bonchev–Trinajstić information content (AvgIpc) is 2.50. The van der Waals surface area contributed by atoms with Crippen LogP contribution in [0.15, 0.2) is 22.7 Å². The predicted molar refractivity (Wildman–Crippen MR) is 69.9 cm³/mol. The highest BCUT2D eigenvalue weighted by atomic mass is 79.9. The van der Waals surface area contributed by atoms with E-state index < -0.39 is 8.07 Å². The molecule has 0 aliphatic heterocycles. The first-order valence-electron chi connectivity index (χ1n) is 4.98.